The lowest BCUT2D eigenvalue weighted by Crippen LogP contribution is -2.33. The number of H-pyrrole nitrogens is 1. The second-order valence-electron chi connectivity index (χ2n) is 9.08. The lowest BCUT2D eigenvalue weighted by Gasteiger charge is -2.15. The summed E-state index contributed by atoms with van der Waals surface area (Å²) >= 11 is 0. The van der Waals surface area contributed by atoms with Gasteiger partial charge < -0.3 is 30.2 Å². The molecular formula is C31H29N5O4. The Morgan fingerprint density at radius 3 is 2.45 bits per heavy atom. The van der Waals surface area contributed by atoms with Crippen molar-refractivity contribution < 1.29 is 19.4 Å². The van der Waals surface area contributed by atoms with Crippen LogP contribution in [0, 0.1) is 6.92 Å². The van der Waals surface area contributed by atoms with Gasteiger partial charge in [-0.05, 0) is 47.9 Å². The molecule has 0 saturated carbocycles. The molecule has 0 saturated heterocycles. The van der Waals surface area contributed by atoms with E-state index in [4.69, 9.17) is 9.47 Å². The van der Waals surface area contributed by atoms with E-state index in [0.29, 0.717) is 18.2 Å². The van der Waals surface area contributed by atoms with Crippen LogP contribution in [0.3, 0.4) is 0 Å². The van der Waals surface area contributed by atoms with Crippen molar-refractivity contribution in [2.24, 2.45) is 0 Å². The van der Waals surface area contributed by atoms with Gasteiger partial charge in [-0.2, -0.15) is 0 Å². The fourth-order valence-electron chi connectivity index (χ4n) is 4.06. The molecule has 202 valence electrons. The summed E-state index contributed by atoms with van der Waals surface area (Å²) in [5.41, 5.74) is 4.97. The van der Waals surface area contributed by atoms with Crippen LogP contribution in [0.1, 0.15) is 22.7 Å². The summed E-state index contributed by atoms with van der Waals surface area (Å²) in [6, 6.07) is 27.9. The van der Waals surface area contributed by atoms with Crippen LogP contribution in [0.2, 0.25) is 0 Å². The molecule has 0 aliphatic rings. The quantitative estimate of drug-likeness (QED) is 0.175. The highest BCUT2D eigenvalue weighted by Gasteiger charge is 2.16. The van der Waals surface area contributed by atoms with Gasteiger partial charge in [-0.15, -0.1) is 0 Å². The first-order valence-corrected chi connectivity index (χ1v) is 12.8. The second-order valence-corrected chi connectivity index (χ2v) is 9.08. The van der Waals surface area contributed by atoms with E-state index in [1.807, 2.05) is 91.9 Å². The molecule has 9 nitrogen and oxygen atoms in total. The first-order valence-electron chi connectivity index (χ1n) is 12.8. The van der Waals surface area contributed by atoms with Gasteiger partial charge in [-0.25, -0.2) is 14.8 Å². The molecule has 4 N–H and O–H groups in total. The van der Waals surface area contributed by atoms with E-state index in [2.05, 4.69) is 25.6 Å². The van der Waals surface area contributed by atoms with Gasteiger partial charge in [0.05, 0.1) is 18.3 Å². The number of aliphatic hydroxyl groups excluding tert-OH is 1. The SMILES string of the molecule is Cc1cnc(Nc2ccc(OCc3ccccc3)cc2)nc1-c1c[nH]c(OC(=O)NC(CO)c2ccccc2)c1. The zero-order valence-electron chi connectivity index (χ0n) is 21.9. The maximum Gasteiger partial charge on any atom is 0.414 e. The van der Waals surface area contributed by atoms with Gasteiger partial charge in [0.25, 0.3) is 0 Å². The lowest BCUT2D eigenvalue weighted by atomic mass is 10.1. The molecule has 2 aromatic heterocycles. The summed E-state index contributed by atoms with van der Waals surface area (Å²) in [6.45, 7) is 2.15. The van der Waals surface area contributed by atoms with Crippen molar-refractivity contribution in [2.45, 2.75) is 19.6 Å². The molecule has 9 heteroatoms. The third-order valence-corrected chi connectivity index (χ3v) is 6.14. The van der Waals surface area contributed by atoms with E-state index < -0.39 is 12.1 Å². The Labute approximate surface area is 231 Å². The van der Waals surface area contributed by atoms with Crippen LogP contribution >= 0.6 is 0 Å². The average Bonchev–Trinajstić information content (AvgIpc) is 3.45. The van der Waals surface area contributed by atoms with Crippen molar-refractivity contribution in [3.63, 3.8) is 0 Å². The summed E-state index contributed by atoms with van der Waals surface area (Å²) in [6.07, 6.45) is 2.75. The minimum absolute atomic E-state index is 0.246. The van der Waals surface area contributed by atoms with Crippen molar-refractivity contribution in [1.82, 2.24) is 20.3 Å². The van der Waals surface area contributed by atoms with Crippen LogP contribution in [0.15, 0.2) is 103 Å². The minimum atomic E-state index is -0.686. The Balaban J connectivity index is 1.21. The zero-order valence-corrected chi connectivity index (χ0v) is 21.9. The van der Waals surface area contributed by atoms with E-state index in [-0.39, 0.29) is 12.5 Å². The van der Waals surface area contributed by atoms with Gasteiger partial charge in [0.2, 0.25) is 11.8 Å². The number of aryl methyl sites for hydroxylation is 1. The predicted octanol–water partition coefficient (Wildman–Crippen LogP) is 5.92. The van der Waals surface area contributed by atoms with Gasteiger partial charge in [0.1, 0.15) is 12.4 Å². The zero-order chi connectivity index (χ0) is 27.7. The molecule has 0 aliphatic carbocycles. The number of amides is 1. The number of anilines is 2. The molecule has 1 atom stereocenters. The van der Waals surface area contributed by atoms with Crippen LogP contribution in [0.5, 0.6) is 11.6 Å². The smallest absolute Gasteiger partial charge is 0.414 e. The van der Waals surface area contributed by atoms with Crippen molar-refractivity contribution >= 4 is 17.7 Å². The number of nitrogens with one attached hydrogen (secondary N) is 3. The van der Waals surface area contributed by atoms with Gasteiger partial charge in [-0.3, -0.25) is 0 Å². The lowest BCUT2D eigenvalue weighted by molar-refractivity contribution is 0.182. The standard InChI is InChI=1S/C31H29N5O4/c1-21-17-33-30(34-25-12-14-26(15-13-25)39-20-22-8-4-2-5-9-22)36-29(21)24-16-28(32-18-24)40-31(38)35-27(19-37)23-10-6-3-7-11-23/h2-18,27,32,37H,19-20H2,1H3,(H,35,38)(H,33,34,36). The molecule has 5 aromatic rings. The number of rotatable bonds is 10. The number of hydrogen-bond donors (Lipinski definition) is 4. The minimum Gasteiger partial charge on any atom is -0.489 e. The van der Waals surface area contributed by atoms with E-state index in [0.717, 1.165) is 33.7 Å². The van der Waals surface area contributed by atoms with Crippen LogP contribution < -0.4 is 20.1 Å². The first kappa shape index (κ1) is 26.5. The van der Waals surface area contributed by atoms with Crippen LogP contribution in [0.4, 0.5) is 16.4 Å². The normalized spacial score (nSPS) is 11.4. The predicted molar refractivity (Wildman–Crippen MR) is 152 cm³/mol. The maximum absolute atomic E-state index is 12.5. The third-order valence-electron chi connectivity index (χ3n) is 6.14. The molecule has 0 spiro atoms. The molecule has 0 aliphatic heterocycles. The van der Waals surface area contributed by atoms with E-state index in [9.17, 15) is 9.90 Å². The molecule has 3 aromatic carbocycles. The Hall–Kier alpha value is -5.15. The van der Waals surface area contributed by atoms with E-state index in [1.54, 1.807) is 18.5 Å². The summed E-state index contributed by atoms with van der Waals surface area (Å²) in [5, 5.41) is 15.6. The van der Waals surface area contributed by atoms with E-state index in [1.165, 1.54) is 0 Å². The monoisotopic (exact) mass is 535 g/mol. The summed E-state index contributed by atoms with van der Waals surface area (Å²) in [5.74, 6) is 1.43. The topological polar surface area (TPSA) is 121 Å². The molecule has 1 amide bonds. The highest BCUT2D eigenvalue weighted by atomic mass is 16.6. The van der Waals surface area contributed by atoms with Gasteiger partial charge in [0.15, 0.2) is 0 Å². The highest BCUT2D eigenvalue weighted by molar-refractivity contribution is 5.72. The van der Waals surface area contributed by atoms with Crippen molar-refractivity contribution in [3.05, 3.63) is 120 Å². The third kappa shape index (κ3) is 6.83. The number of carbonyl (C=O) groups excluding carboxylic acids is 1. The maximum atomic E-state index is 12.5. The molecule has 0 radical (unpaired) electrons. The van der Waals surface area contributed by atoms with Crippen molar-refractivity contribution in [3.8, 4) is 22.9 Å². The number of hydrogen-bond acceptors (Lipinski definition) is 7. The molecule has 2 heterocycles. The fraction of sp³-hybridized carbons (Fsp3) is 0.129. The fourth-order valence-corrected chi connectivity index (χ4v) is 4.06. The number of carbonyl (C=O) groups is 1. The number of aromatic nitrogens is 3. The van der Waals surface area contributed by atoms with Gasteiger partial charge >= 0.3 is 6.09 Å². The molecule has 1 unspecified atom stereocenters. The van der Waals surface area contributed by atoms with Crippen LogP contribution in [-0.4, -0.2) is 32.8 Å². The van der Waals surface area contributed by atoms with Gasteiger partial charge in [-0.1, -0.05) is 60.7 Å². The molecule has 5 rings (SSSR count). The molecule has 0 bridgehead atoms. The number of aromatic amines is 1. The Bertz CT molecular complexity index is 1540. The molecule has 0 fully saturated rings. The molecule has 40 heavy (non-hydrogen) atoms. The highest BCUT2D eigenvalue weighted by Crippen LogP contribution is 2.27. The van der Waals surface area contributed by atoms with Gasteiger partial charge in [0, 0.05) is 29.7 Å². The van der Waals surface area contributed by atoms with Crippen molar-refractivity contribution in [2.75, 3.05) is 11.9 Å². The number of nitrogens with zero attached hydrogens (tertiary/aromatic N) is 2. The average molecular weight is 536 g/mol. The summed E-state index contributed by atoms with van der Waals surface area (Å²) in [7, 11) is 0. The molecular weight excluding hydrogens is 506 g/mol. The van der Waals surface area contributed by atoms with E-state index >= 15 is 0 Å². The largest absolute Gasteiger partial charge is 0.489 e. The Morgan fingerprint density at radius 2 is 1.73 bits per heavy atom. The summed E-state index contributed by atoms with van der Waals surface area (Å²) < 4.78 is 11.3. The van der Waals surface area contributed by atoms with Crippen LogP contribution in [-0.2, 0) is 6.61 Å². The summed E-state index contributed by atoms with van der Waals surface area (Å²) in [4.78, 5) is 24.5. The number of ether oxygens (including phenoxy) is 2. The number of benzene rings is 3. The second kappa shape index (κ2) is 12.6. The van der Waals surface area contributed by atoms with Crippen LogP contribution in [0.25, 0.3) is 11.3 Å². The van der Waals surface area contributed by atoms with Crippen molar-refractivity contribution in [1.29, 1.82) is 0 Å². The Kier molecular flexibility index (Phi) is 8.33. The Morgan fingerprint density at radius 1 is 1.00 bits per heavy atom. The first-order chi connectivity index (χ1) is 19.6. The number of aliphatic hydroxyl groups is 1.